The molecule has 0 amide bonds. The highest BCUT2D eigenvalue weighted by Gasteiger charge is 2.32. The molecule has 0 aliphatic heterocycles. The Balaban J connectivity index is 4.67. The standard InChI is InChI=1S/C7H12F3N/c1-4(2)6(11)5(3)7(8,9)10/h4H,11H2,1-3H3/b6-5+. The molecule has 2 N–H and O–H groups in total. The molecule has 0 saturated carbocycles. The van der Waals surface area contributed by atoms with Crippen LogP contribution in [-0.4, -0.2) is 6.18 Å². The maximum absolute atomic E-state index is 11.9. The van der Waals surface area contributed by atoms with Crippen LogP contribution in [0.1, 0.15) is 20.8 Å². The quantitative estimate of drug-likeness (QED) is 0.637. The molecule has 66 valence electrons. The molecule has 0 saturated heterocycles. The molecule has 0 fully saturated rings. The van der Waals surface area contributed by atoms with E-state index in [1.54, 1.807) is 13.8 Å². The summed E-state index contributed by atoms with van der Waals surface area (Å²) in [5.41, 5.74) is 4.43. The molecule has 0 spiro atoms. The van der Waals surface area contributed by atoms with E-state index in [0.29, 0.717) is 0 Å². The van der Waals surface area contributed by atoms with Crippen LogP contribution in [0.3, 0.4) is 0 Å². The molecule has 0 aliphatic carbocycles. The number of rotatable bonds is 1. The first-order valence-corrected chi connectivity index (χ1v) is 3.30. The predicted octanol–water partition coefficient (Wildman–Crippen LogP) is 2.44. The third-order valence-corrected chi connectivity index (χ3v) is 1.48. The number of hydrogen-bond donors (Lipinski definition) is 1. The van der Waals surface area contributed by atoms with Crippen molar-refractivity contribution in [1.82, 2.24) is 0 Å². The molecule has 1 nitrogen and oxygen atoms in total. The van der Waals surface area contributed by atoms with Gasteiger partial charge in [-0.3, -0.25) is 0 Å². The first-order chi connectivity index (χ1) is 4.76. The van der Waals surface area contributed by atoms with Gasteiger partial charge in [0, 0.05) is 11.3 Å². The van der Waals surface area contributed by atoms with Crippen molar-refractivity contribution >= 4 is 0 Å². The zero-order valence-electron chi connectivity index (χ0n) is 6.79. The molecule has 0 aromatic carbocycles. The first-order valence-electron chi connectivity index (χ1n) is 3.30. The summed E-state index contributed by atoms with van der Waals surface area (Å²) in [5, 5.41) is 0. The summed E-state index contributed by atoms with van der Waals surface area (Å²) in [7, 11) is 0. The van der Waals surface area contributed by atoms with Crippen molar-refractivity contribution in [2.24, 2.45) is 11.7 Å². The van der Waals surface area contributed by atoms with Crippen molar-refractivity contribution in [3.8, 4) is 0 Å². The lowest BCUT2D eigenvalue weighted by molar-refractivity contribution is -0.0926. The topological polar surface area (TPSA) is 26.0 Å². The molecule has 0 aromatic heterocycles. The van der Waals surface area contributed by atoms with Crippen LogP contribution < -0.4 is 5.73 Å². The average Bonchev–Trinajstić information content (AvgIpc) is 1.82. The van der Waals surface area contributed by atoms with Crippen molar-refractivity contribution in [3.63, 3.8) is 0 Å². The molecule has 0 aromatic rings. The molecule has 0 heterocycles. The zero-order chi connectivity index (χ0) is 9.23. The van der Waals surface area contributed by atoms with Crippen LogP contribution in [-0.2, 0) is 0 Å². The molecular formula is C7H12F3N. The van der Waals surface area contributed by atoms with Crippen LogP contribution in [0.25, 0.3) is 0 Å². The third kappa shape index (κ3) is 2.82. The van der Waals surface area contributed by atoms with Crippen LogP contribution in [0.4, 0.5) is 13.2 Å². The SMILES string of the molecule is C/C(=C(\N)C(C)C)C(F)(F)F. The largest absolute Gasteiger partial charge is 0.414 e. The Morgan fingerprint density at radius 2 is 1.64 bits per heavy atom. The highest BCUT2D eigenvalue weighted by Crippen LogP contribution is 2.28. The fraction of sp³-hybridized carbons (Fsp3) is 0.714. The molecular weight excluding hydrogens is 155 g/mol. The molecule has 0 bridgehead atoms. The Bertz CT molecular complexity index is 167. The van der Waals surface area contributed by atoms with Gasteiger partial charge in [-0.15, -0.1) is 0 Å². The summed E-state index contributed by atoms with van der Waals surface area (Å²) < 4.78 is 35.8. The van der Waals surface area contributed by atoms with Gasteiger partial charge in [-0.25, -0.2) is 0 Å². The molecule has 0 rings (SSSR count). The van der Waals surface area contributed by atoms with Gasteiger partial charge in [-0.05, 0) is 12.8 Å². The summed E-state index contributed by atoms with van der Waals surface area (Å²) in [6.45, 7) is 4.25. The lowest BCUT2D eigenvalue weighted by atomic mass is 10.1. The van der Waals surface area contributed by atoms with Gasteiger partial charge in [0.05, 0.1) is 0 Å². The molecule has 0 atom stereocenters. The lowest BCUT2D eigenvalue weighted by Crippen LogP contribution is -2.18. The maximum Gasteiger partial charge on any atom is 0.414 e. The maximum atomic E-state index is 11.9. The number of halogens is 3. The van der Waals surface area contributed by atoms with Crippen molar-refractivity contribution in [3.05, 3.63) is 11.3 Å². The predicted molar refractivity (Wildman–Crippen MR) is 37.8 cm³/mol. The lowest BCUT2D eigenvalue weighted by Gasteiger charge is -2.13. The summed E-state index contributed by atoms with van der Waals surface area (Å²) >= 11 is 0. The summed E-state index contributed by atoms with van der Waals surface area (Å²) in [6, 6.07) is 0. The minimum Gasteiger partial charge on any atom is -0.402 e. The van der Waals surface area contributed by atoms with Gasteiger partial charge in [-0.1, -0.05) is 13.8 Å². The van der Waals surface area contributed by atoms with Gasteiger partial charge in [-0.2, -0.15) is 13.2 Å². The van der Waals surface area contributed by atoms with Crippen molar-refractivity contribution in [2.45, 2.75) is 26.9 Å². The Morgan fingerprint density at radius 3 is 1.73 bits per heavy atom. The van der Waals surface area contributed by atoms with Crippen LogP contribution >= 0.6 is 0 Å². The van der Waals surface area contributed by atoms with E-state index in [2.05, 4.69) is 0 Å². The second kappa shape index (κ2) is 3.15. The third-order valence-electron chi connectivity index (χ3n) is 1.48. The molecule has 11 heavy (non-hydrogen) atoms. The van der Waals surface area contributed by atoms with E-state index >= 15 is 0 Å². The smallest absolute Gasteiger partial charge is 0.402 e. The van der Waals surface area contributed by atoms with Crippen LogP contribution in [0, 0.1) is 5.92 Å². The normalized spacial score (nSPS) is 15.2. The second-order valence-corrected chi connectivity index (χ2v) is 2.73. The van der Waals surface area contributed by atoms with Crippen molar-refractivity contribution in [1.29, 1.82) is 0 Å². The fourth-order valence-corrected chi connectivity index (χ4v) is 0.597. The number of nitrogens with two attached hydrogens (primary N) is 1. The Morgan fingerprint density at radius 1 is 1.27 bits per heavy atom. The number of allylic oxidation sites excluding steroid dienone is 2. The van der Waals surface area contributed by atoms with Crippen molar-refractivity contribution < 1.29 is 13.2 Å². The summed E-state index contributed by atoms with van der Waals surface area (Å²) in [6.07, 6.45) is -4.28. The summed E-state index contributed by atoms with van der Waals surface area (Å²) in [4.78, 5) is 0. The first kappa shape index (κ1) is 10.3. The number of hydrogen-bond acceptors (Lipinski definition) is 1. The highest BCUT2D eigenvalue weighted by atomic mass is 19.4. The van der Waals surface area contributed by atoms with Gasteiger partial charge in [0.1, 0.15) is 0 Å². The second-order valence-electron chi connectivity index (χ2n) is 2.73. The minimum atomic E-state index is -4.28. The number of alkyl halides is 3. The van der Waals surface area contributed by atoms with Crippen molar-refractivity contribution in [2.75, 3.05) is 0 Å². The molecule has 0 radical (unpaired) electrons. The monoisotopic (exact) mass is 167 g/mol. The molecule has 4 heteroatoms. The van der Waals surface area contributed by atoms with E-state index < -0.39 is 11.7 Å². The highest BCUT2D eigenvalue weighted by molar-refractivity contribution is 5.15. The van der Waals surface area contributed by atoms with Crippen LogP contribution in [0.5, 0.6) is 0 Å². The molecule has 0 aliphatic rings. The Labute approximate surface area is 64.1 Å². The van der Waals surface area contributed by atoms with E-state index in [4.69, 9.17) is 5.73 Å². The Kier molecular flexibility index (Phi) is 2.96. The minimum absolute atomic E-state index is 0.0856. The van der Waals surface area contributed by atoms with Gasteiger partial charge in [0.15, 0.2) is 0 Å². The van der Waals surface area contributed by atoms with E-state index in [-0.39, 0.29) is 11.6 Å². The van der Waals surface area contributed by atoms with E-state index in [9.17, 15) is 13.2 Å². The fourth-order valence-electron chi connectivity index (χ4n) is 0.597. The summed E-state index contributed by atoms with van der Waals surface area (Å²) in [5.74, 6) is -0.253. The van der Waals surface area contributed by atoms with E-state index in [1.807, 2.05) is 0 Å². The molecule has 0 unspecified atom stereocenters. The zero-order valence-corrected chi connectivity index (χ0v) is 6.79. The van der Waals surface area contributed by atoms with E-state index in [1.165, 1.54) is 0 Å². The Hall–Kier alpha value is -0.670. The van der Waals surface area contributed by atoms with Gasteiger partial charge in [0.25, 0.3) is 0 Å². The van der Waals surface area contributed by atoms with Crippen LogP contribution in [0.2, 0.25) is 0 Å². The van der Waals surface area contributed by atoms with Gasteiger partial charge >= 0.3 is 6.18 Å². The van der Waals surface area contributed by atoms with Gasteiger partial charge < -0.3 is 5.73 Å². The van der Waals surface area contributed by atoms with Crippen LogP contribution in [0.15, 0.2) is 11.3 Å². The van der Waals surface area contributed by atoms with E-state index in [0.717, 1.165) is 6.92 Å². The van der Waals surface area contributed by atoms with Gasteiger partial charge in [0.2, 0.25) is 0 Å². The average molecular weight is 167 g/mol.